The summed E-state index contributed by atoms with van der Waals surface area (Å²) in [4.78, 5) is 12.2. The fourth-order valence-corrected chi connectivity index (χ4v) is 2.85. The maximum atomic E-state index is 12.2. The standard InChI is InChI=1S/C15H24O2Si/c1-12(17-18(5,6)15(2,3)4)14(16)13-10-8-7-9-11-13/h7-12H,1-6H3. The van der Waals surface area contributed by atoms with Crippen molar-refractivity contribution in [2.75, 3.05) is 0 Å². The molecule has 0 aliphatic heterocycles. The van der Waals surface area contributed by atoms with Crippen LogP contribution in [0.3, 0.4) is 0 Å². The fraction of sp³-hybridized carbons (Fsp3) is 0.533. The molecule has 0 saturated heterocycles. The lowest BCUT2D eigenvalue weighted by Crippen LogP contribution is -2.45. The van der Waals surface area contributed by atoms with Gasteiger partial charge in [-0.25, -0.2) is 0 Å². The molecular weight excluding hydrogens is 240 g/mol. The third-order valence-corrected chi connectivity index (χ3v) is 8.26. The predicted octanol–water partition coefficient (Wildman–Crippen LogP) is 4.28. The summed E-state index contributed by atoms with van der Waals surface area (Å²) in [5.74, 6) is 0.0698. The Hall–Kier alpha value is -0.933. The van der Waals surface area contributed by atoms with Crippen LogP contribution in [0.5, 0.6) is 0 Å². The van der Waals surface area contributed by atoms with Crippen molar-refractivity contribution in [3.63, 3.8) is 0 Å². The summed E-state index contributed by atoms with van der Waals surface area (Å²) in [5.41, 5.74) is 0.726. The number of hydrogen-bond donors (Lipinski definition) is 0. The largest absolute Gasteiger partial charge is 0.407 e. The van der Waals surface area contributed by atoms with Crippen LogP contribution in [-0.4, -0.2) is 20.2 Å². The van der Waals surface area contributed by atoms with E-state index in [0.717, 1.165) is 5.56 Å². The Kier molecular flexibility index (Phi) is 4.51. The molecule has 0 heterocycles. The van der Waals surface area contributed by atoms with Gasteiger partial charge in [-0.1, -0.05) is 51.1 Å². The van der Waals surface area contributed by atoms with Crippen molar-refractivity contribution in [3.05, 3.63) is 35.9 Å². The topological polar surface area (TPSA) is 26.3 Å². The summed E-state index contributed by atoms with van der Waals surface area (Å²) < 4.78 is 6.11. The lowest BCUT2D eigenvalue weighted by Gasteiger charge is -2.38. The van der Waals surface area contributed by atoms with Crippen molar-refractivity contribution in [2.24, 2.45) is 0 Å². The third kappa shape index (κ3) is 3.53. The Morgan fingerprint density at radius 3 is 2.11 bits per heavy atom. The molecule has 100 valence electrons. The highest BCUT2D eigenvalue weighted by atomic mass is 28.4. The van der Waals surface area contributed by atoms with Crippen molar-refractivity contribution in [2.45, 2.75) is 51.9 Å². The number of carbonyl (C=O) groups excluding carboxylic acids is 1. The zero-order valence-corrected chi connectivity index (χ0v) is 13.3. The number of hydrogen-bond acceptors (Lipinski definition) is 2. The first-order valence-corrected chi connectivity index (χ1v) is 9.33. The Balaban J connectivity index is 2.78. The van der Waals surface area contributed by atoms with Gasteiger partial charge >= 0.3 is 0 Å². The van der Waals surface area contributed by atoms with Crippen molar-refractivity contribution in [3.8, 4) is 0 Å². The van der Waals surface area contributed by atoms with Gasteiger partial charge < -0.3 is 4.43 Å². The number of benzene rings is 1. The van der Waals surface area contributed by atoms with Crippen LogP contribution in [0.15, 0.2) is 30.3 Å². The average Bonchev–Trinajstić information content (AvgIpc) is 2.27. The molecule has 1 unspecified atom stereocenters. The molecular formula is C15H24O2Si. The Morgan fingerprint density at radius 2 is 1.67 bits per heavy atom. The summed E-state index contributed by atoms with van der Waals surface area (Å²) >= 11 is 0. The van der Waals surface area contributed by atoms with Crippen LogP contribution >= 0.6 is 0 Å². The van der Waals surface area contributed by atoms with Gasteiger partial charge in [-0.3, -0.25) is 4.79 Å². The quantitative estimate of drug-likeness (QED) is 0.599. The second-order valence-corrected chi connectivity index (χ2v) is 11.0. The number of rotatable bonds is 4. The molecule has 0 saturated carbocycles. The monoisotopic (exact) mass is 264 g/mol. The van der Waals surface area contributed by atoms with Gasteiger partial charge in [-0.05, 0) is 25.1 Å². The van der Waals surface area contributed by atoms with Gasteiger partial charge in [0, 0.05) is 5.56 Å². The molecule has 0 radical (unpaired) electrons. The molecule has 0 aliphatic carbocycles. The van der Waals surface area contributed by atoms with E-state index in [0.29, 0.717) is 0 Å². The van der Waals surface area contributed by atoms with E-state index in [4.69, 9.17) is 4.43 Å². The fourth-order valence-electron chi connectivity index (χ4n) is 1.51. The minimum absolute atomic E-state index is 0.0698. The minimum Gasteiger partial charge on any atom is -0.407 e. The second-order valence-electron chi connectivity index (χ2n) is 6.25. The molecule has 1 aromatic rings. The molecule has 0 aliphatic rings. The van der Waals surface area contributed by atoms with Gasteiger partial charge in [0.1, 0.15) is 6.10 Å². The van der Waals surface area contributed by atoms with Crippen molar-refractivity contribution in [1.29, 1.82) is 0 Å². The SMILES string of the molecule is CC(O[Si](C)(C)C(C)(C)C)C(=O)c1ccccc1. The smallest absolute Gasteiger partial charge is 0.193 e. The maximum absolute atomic E-state index is 12.2. The highest BCUT2D eigenvalue weighted by molar-refractivity contribution is 6.74. The summed E-state index contributed by atoms with van der Waals surface area (Å²) in [6.45, 7) is 12.7. The molecule has 2 nitrogen and oxygen atoms in total. The number of carbonyl (C=O) groups is 1. The van der Waals surface area contributed by atoms with Gasteiger partial charge in [0.05, 0.1) is 0 Å². The minimum atomic E-state index is -1.88. The lowest BCUT2D eigenvalue weighted by atomic mass is 10.1. The van der Waals surface area contributed by atoms with Crippen LogP contribution in [-0.2, 0) is 4.43 Å². The van der Waals surface area contributed by atoms with Gasteiger partial charge in [0.15, 0.2) is 14.1 Å². The van der Waals surface area contributed by atoms with E-state index in [2.05, 4.69) is 33.9 Å². The van der Waals surface area contributed by atoms with E-state index < -0.39 is 8.32 Å². The van der Waals surface area contributed by atoms with E-state index in [1.807, 2.05) is 37.3 Å². The Labute approximate surface area is 111 Å². The summed E-state index contributed by atoms with van der Waals surface area (Å²) in [6, 6.07) is 9.36. The van der Waals surface area contributed by atoms with Crippen molar-refractivity contribution < 1.29 is 9.22 Å². The summed E-state index contributed by atoms with van der Waals surface area (Å²) in [6.07, 6.45) is -0.367. The molecule has 0 N–H and O–H groups in total. The van der Waals surface area contributed by atoms with Crippen LogP contribution in [0.25, 0.3) is 0 Å². The Morgan fingerprint density at radius 1 is 1.17 bits per heavy atom. The van der Waals surface area contributed by atoms with E-state index in [9.17, 15) is 4.79 Å². The second kappa shape index (κ2) is 5.37. The summed E-state index contributed by atoms with van der Waals surface area (Å²) in [5, 5.41) is 0.123. The molecule has 18 heavy (non-hydrogen) atoms. The van der Waals surface area contributed by atoms with Crippen molar-refractivity contribution >= 4 is 14.1 Å². The third-order valence-electron chi connectivity index (χ3n) is 3.71. The number of ketones is 1. The first-order valence-electron chi connectivity index (χ1n) is 6.42. The van der Waals surface area contributed by atoms with Crippen molar-refractivity contribution in [1.82, 2.24) is 0 Å². The zero-order valence-electron chi connectivity index (χ0n) is 12.3. The van der Waals surface area contributed by atoms with Gasteiger partial charge in [0.2, 0.25) is 0 Å². The molecule has 1 aromatic carbocycles. The molecule has 0 bridgehead atoms. The average molecular weight is 264 g/mol. The van der Waals surface area contributed by atoms with Gasteiger partial charge in [-0.2, -0.15) is 0 Å². The van der Waals surface area contributed by atoms with E-state index in [1.165, 1.54) is 0 Å². The van der Waals surface area contributed by atoms with Crippen LogP contribution in [0.2, 0.25) is 18.1 Å². The zero-order chi connectivity index (χ0) is 14.0. The van der Waals surface area contributed by atoms with Gasteiger partial charge in [0.25, 0.3) is 0 Å². The van der Waals surface area contributed by atoms with E-state index >= 15 is 0 Å². The van der Waals surface area contributed by atoms with E-state index in [1.54, 1.807) is 0 Å². The Bertz CT molecular complexity index is 404. The molecule has 0 fully saturated rings. The highest BCUT2D eigenvalue weighted by Crippen LogP contribution is 2.37. The first kappa shape index (κ1) is 15.1. The summed E-state index contributed by atoms with van der Waals surface area (Å²) in [7, 11) is -1.88. The van der Waals surface area contributed by atoms with Crippen LogP contribution in [0, 0.1) is 0 Å². The first-order chi connectivity index (χ1) is 8.15. The van der Waals surface area contributed by atoms with Crippen LogP contribution in [0.1, 0.15) is 38.1 Å². The molecule has 0 spiro atoms. The predicted molar refractivity (Wildman–Crippen MR) is 78.5 cm³/mol. The molecule has 0 amide bonds. The maximum Gasteiger partial charge on any atom is 0.193 e. The highest BCUT2D eigenvalue weighted by Gasteiger charge is 2.39. The number of Topliss-reactive ketones (excluding diaryl/α,β-unsaturated/α-hetero) is 1. The molecule has 1 rings (SSSR count). The van der Waals surface area contributed by atoms with Crippen LogP contribution in [0.4, 0.5) is 0 Å². The van der Waals surface area contributed by atoms with E-state index in [-0.39, 0.29) is 16.9 Å². The van der Waals surface area contributed by atoms with Gasteiger partial charge in [-0.15, -0.1) is 0 Å². The lowest BCUT2D eigenvalue weighted by molar-refractivity contribution is 0.0796. The molecule has 1 atom stereocenters. The van der Waals surface area contributed by atoms with Crippen LogP contribution < -0.4 is 0 Å². The molecule has 0 aromatic heterocycles. The molecule has 3 heteroatoms. The normalized spacial score (nSPS) is 14.3.